The Hall–Kier alpha value is -1.78. The molecule has 0 bridgehead atoms. The average Bonchev–Trinajstić information content (AvgIpc) is 2.93. The minimum atomic E-state index is -0.353. The molecule has 4 nitrogen and oxygen atoms in total. The molecule has 1 unspecified atom stereocenters. The van der Waals surface area contributed by atoms with Crippen LogP contribution in [0.25, 0.3) is 0 Å². The number of halogens is 1. The lowest BCUT2D eigenvalue weighted by atomic mass is 10.1. The molecule has 0 fully saturated rings. The van der Waals surface area contributed by atoms with Gasteiger partial charge in [-0.3, -0.25) is 0 Å². The van der Waals surface area contributed by atoms with Gasteiger partial charge in [0.1, 0.15) is 5.69 Å². The van der Waals surface area contributed by atoms with Crippen LogP contribution in [0.15, 0.2) is 36.4 Å². The third kappa shape index (κ3) is 4.62. The summed E-state index contributed by atoms with van der Waals surface area (Å²) < 4.78 is 4.66. The van der Waals surface area contributed by atoms with Crippen molar-refractivity contribution in [3.8, 4) is 0 Å². The Balaban J connectivity index is 1.85. The number of benzene rings is 1. The smallest absolute Gasteiger partial charge is 0.354 e. The Morgan fingerprint density at radius 1 is 1.38 bits per heavy atom. The summed E-state index contributed by atoms with van der Waals surface area (Å²) in [6.45, 7) is 2.78. The molecular formula is C16H19ClN2O2. The number of H-pyrrole nitrogens is 1. The number of nitrogens with one attached hydrogen (secondary N) is 2. The van der Waals surface area contributed by atoms with Crippen molar-refractivity contribution in [3.63, 3.8) is 0 Å². The molecule has 1 aromatic heterocycles. The number of hydrogen-bond acceptors (Lipinski definition) is 3. The topological polar surface area (TPSA) is 54.1 Å². The second-order valence-corrected chi connectivity index (χ2v) is 5.44. The van der Waals surface area contributed by atoms with Gasteiger partial charge in [-0.05, 0) is 43.2 Å². The molecule has 0 aliphatic carbocycles. The van der Waals surface area contributed by atoms with Crippen molar-refractivity contribution >= 4 is 17.6 Å². The molecule has 0 aliphatic rings. The molecule has 2 aromatic rings. The first-order valence-electron chi connectivity index (χ1n) is 6.82. The first-order valence-corrected chi connectivity index (χ1v) is 7.20. The molecule has 0 aliphatic heterocycles. The first-order chi connectivity index (χ1) is 10.1. The summed E-state index contributed by atoms with van der Waals surface area (Å²) in [7, 11) is 1.37. The summed E-state index contributed by atoms with van der Waals surface area (Å²) in [5.41, 5.74) is 2.62. The Bertz CT molecular complexity index is 610. The van der Waals surface area contributed by atoms with Crippen LogP contribution in [0, 0.1) is 0 Å². The van der Waals surface area contributed by atoms with Gasteiger partial charge in [0.25, 0.3) is 0 Å². The fraction of sp³-hybridized carbons (Fsp3) is 0.312. The van der Waals surface area contributed by atoms with E-state index in [2.05, 4.69) is 28.0 Å². The van der Waals surface area contributed by atoms with E-state index in [0.717, 1.165) is 17.1 Å². The lowest BCUT2D eigenvalue weighted by molar-refractivity contribution is 0.0594. The van der Waals surface area contributed by atoms with Gasteiger partial charge in [0.15, 0.2) is 0 Å². The monoisotopic (exact) mass is 306 g/mol. The maximum absolute atomic E-state index is 11.4. The second kappa shape index (κ2) is 7.29. The Morgan fingerprint density at radius 3 is 2.90 bits per heavy atom. The van der Waals surface area contributed by atoms with Crippen molar-refractivity contribution < 1.29 is 9.53 Å². The molecular weight excluding hydrogens is 288 g/mol. The van der Waals surface area contributed by atoms with Crippen LogP contribution < -0.4 is 5.32 Å². The highest BCUT2D eigenvalue weighted by Gasteiger charge is 2.09. The summed E-state index contributed by atoms with van der Waals surface area (Å²) in [6, 6.07) is 11.8. The number of carbonyl (C=O) groups excluding carboxylic acids is 1. The average molecular weight is 307 g/mol. The van der Waals surface area contributed by atoms with Crippen LogP contribution >= 0.6 is 11.6 Å². The Kier molecular flexibility index (Phi) is 5.42. The van der Waals surface area contributed by atoms with E-state index in [-0.39, 0.29) is 5.97 Å². The number of carbonyl (C=O) groups is 1. The largest absolute Gasteiger partial charge is 0.464 e. The maximum atomic E-state index is 11.4. The van der Waals surface area contributed by atoms with E-state index in [1.165, 1.54) is 12.7 Å². The van der Waals surface area contributed by atoms with Gasteiger partial charge < -0.3 is 15.0 Å². The number of hydrogen-bond donors (Lipinski definition) is 2. The van der Waals surface area contributed by atoms with Gasteiger partial charge in [-0.25, -0.2) is 4.79 Å². The van der Waals surface area contributed by atoms with E-state index >= 15 is 0 Å². The van der Waals surface area contributed by atoms with Crippen LogP contribution in [0.2, 0.25) is 5.02 Å². The fourth-order valence-electron chi connectivity index (χ4n) is 2.15. The lowest BCUT2D eigenvalue weighted by Gasteiger charge is -2.13. The van der Waals surface area contributed by atoms with E-state index in [9.17, 15) is 4.79 Å². The van der Waals surface area contributed by atoms with Crippen LogP contribution in [0.1, 0.15) is 28.7 Å². The van der Waals surface area contributed by atoms with E-state index < -0.39 is 0 Å². The SMILES string of the molecule is COC(=O)c1ccc(CNC(C)Cc2cccc(Cl)c2)[nH]1. The predicted molar refractivity (Wildman–Crippen MR) is 83.6 cm³/mol. The summed E-state index contributed by atoms with van der Waals surface area (Å²) >= 11 is 5.98. The minimum absolute atomic E-state index is 0.299. The van der Waals surface area contributed by atoms with Gasteiger partial charge in [0.05, 0.1) is 7.11 Å². The van der Waals surface area contributed by atoms with Crippen LogP contribution in [0.3, 0.4) is 0 Å². The van der Waals surface area contributed by atoms with E-state index in [1.807, 2.05) is 24.3 Å². The van der Waals surface area contributed by atoms with Crippen molar-refractivity contribution in [3.05, 3.63) is 58.4 Å². The molecule has 5 heteroatoms. The minimum Gasteiger partial charge on any atom is -0.464 e. The van der Waals surface area contributed by atoms with Crippen molar-refractivity contribution in [2.24, 2.45) is 0 Å². The second-order valence-electron chi connectivity index (χ2n) is 5.00. The molecule has 0 radical (unpaired) electrons. The Morgan fingerprint density at radius 2 is 2.19 bits per heavy atom. The fourth-order valence-corrected chi connectivity index (χ4v) is 2.36. The maximum Gasteiger partial charge on any atom is 0.354 e. The number of methoxy groups -OCH3 is 1. The van der Waals surface area contributed by atoms with Crippen LogP contribution in [0.5, 0.6) is 0 Å². The number of aromatic nitrogens is 1. The molecule has 2 rings (SSSR count). The highest BCUT2D eigenvalue weighted by atomic mass is 35.5. The van der Waals surface area contributed by atoms with Gasteiger partial charge in [0.2, 0.25) is 0 Å². The standard InChI is InChI=1S/C16H19ClN2O2/c1-11(8-12-4-3-5-13(17)9-12)18-10-14-6-7-15(19-14)16(20)21-2/h3-7,9,11,18-19H,8,10H2,1-2H3. The van der Waals surface area contributed by atoms with Crippen molar-refractivity contribution in [1.29, 1.82) is 0 Å². The zero-order chi connectivity index (χ0) is 15.2. The molecule has 2 N–H and O–H groups in total. The number of esters is 1. The highest BCUT2D eigenvalue weighted by molar-refractivity contribution is 6.30. The molecule has 1 heterocycles. The first kappa shape index (κ1) is 15.6. The highest BCUT2D eigenvalue weighted by Crippen LogP contribution is 2.12. The summed E-state index contributed by atoms with van der Waals surface area (Å²) in [4.78, 5) is 14.4. The van der Waals surface area contributed by atoms with Crippen LogP contribution in [-0.2, 0) is 17.7 Å². The lowest BCUT2D eigenvalue weighted by Crippen LogP contribution is -2.27. The number of rotatable bonds is 6. The van der Waals surface area contributed by atoms with Crippen LogP contribution in [-0.4, -0.2) is 24.1 Å². The van der Waals surface area contributed by atoms with Gasteiger partial charge in [-0.1, -0.05) is 23.7 Å². The molecule has 21 heavy (non-hydrogen) atoms. The summed E-state index contributed by atoms with van der Waals surface area (Å²) in [5.74, 6) is -0.353. The van der Waals surface area contributed by atoms with Gasteiger partial charge in [-0.15, -0.1) is 0 Å². The zero-order valence-electron chi connectivity index (χ0n) is 12.2. The number of ether oxygens (including phenoxy) is 1. The van der Waals surface area contributed by atoms with E-state index in [4.69, 9.17) is 11.6 Å². The quantitative estimate of drug-likeness (QED) is 0.806. The predicted octanol–water partition coefficient (Wildman–Crippen LogP) is 3.18. The molecule has 1 atom stereocenters. The Labute approximate surface area is 129 Å². The van der Waals surface area contributed by atoms with Gasteiger partial charge in [-0.2, -0.15) is 0 Å². The van der Waals surface area contributed by atoms with Crippen molar-refractivity contribution in [1.82, 2.24) is 10.3 Å². The van der Waals surface area contributed by atoms with Gasteiger partial charge in [0, 0.05) is 23.3 Å². The van der Waals surface area contributed by atoms with Gasteiger partial charge >= 0.3 is 5.97 Å². The van der Waals surface area contributed by atoms with Crippen LogP contribution in [0.4, 0.5) is 0 Å². The van der Waals surface area contributed by atoms with E-state index in [0.29, 0.717) is 18.3 Å². The molecule has 0 spiro atoms. The van der Waals surface area contributed by atoms with Crippen molar-refractivity contribution in [2.75, 3.05) is 7.11 Å². The molecule has 0 saturated heterocycles. The normalized spacial score (nSPS) is 12.1. The summed E-state index contributed by atoms with van der Waals surface area (Å²) in [6.07, 6.45) is 0.894. The third-order valence-corrected chi connectivity index (χ3v) is 3.46. The number of aromatic amines is 1. The van der Waals surface area contributed by atoms with E-state index in [1.54, 1.807) is 6.07 Å². The van der Waals surface area contributed by atoms with Crippen molar-refractivity contribution in [2.45, 2.75) is 25.9 Å². The molecule has 1 aromatic carbocycles. The zero-order valence-corrected chi connectivity index (χ0v) is 12.9. The molecule has 0 amide bonds. The summed E-state index contributed by atoms with van der Waals surface area (Å²) in [5, 5.41) is 4.17. The molecule has 0 saturated carbocycles. The third-order valence-electron chi connectivity index (χ3n) is 3.22. The molecule has 112 valence electrons.